The molecule has 0 fully saturated rings. The molecule has 0 saturated heterocycles. The molecule has 0 heterocycles. The lowest BCUT2D eigenvalue weighted by Gasteiger charge is -2.35. The number of fused-ring (bicyclic) bond motifs is 4. The Balaban J connectivity index is 1.96. The molecular weight excluding hydrogens is 568 g/mol. The number of ether oxygens (including phenoxy) is 4. The van der Waals surface area contributed by atoms with Crippen LogP contribution in [0.2, 0.25) is 0 Å². The quantitative estimate of drug-likeness (QED) is 0.249. The van der Waals surface area contributed by atoms with Gasteiger partial charge in [0.1, 0.15) is 34.5 Å². The van der Waals surface area contributed by atoms with Crippen LogP contribution in [-0.2, 0) is 12.8 Å². The first-order chi connectivity index (χ1) is 20.8. The predicted octanol–water partition coefficient (Wildman–Crippen LogP) is 4.87. The average molecular weight is 603 g/mol. The number of Topliss-reactive ketones (excluding diaryl/α,β-unsaturated/α-hetero) is 2. The van der Waals surface area contributed by atoms with Gasteiger partial charge in [-0.3, -0.25) is 9.59 Å². The molecule has 0 unspecified atom stereocenters. The van der Waals surface area contributed by atoms with Crippen molar-refractivity contribution in [3.05, 3.63) is 46.5 Å². The standard InChI is InChI=1S/C34H34O10/c1-33(39)11-19-25(17-7-15(41-3)9-23(43-5)29(17)31(37)27(19)21(35)13-33)26-18-8-16(42-4)10-24(44-6)30(18)32(38)28-20(26)12-34(2,40)14-22(28)36/h7-10,37-40H,11-14H2,1-6H3/t33-,34-/m0/s1. The van der Waals surface area contributed by atoms with Gasteiger partial charge in [0.25, 0.3) is 0 Å². The van der Waals surface area contributed by atoms with Crippen LogP contribution in [0.1, 0.15) is 58.5 Å². The number of phenolic OH excluding ortho intramolecular Hbond substituents is 2. The molecule has 0 aromatic heterocycles. The van der Waals surface area contributed by atoms with Crippen molar-refractivity contribution >= 4 is 33.1 Å². The van der Waals surface area contributed by atoms with E-state index in [-0.39, 0.29) is 70.6 Å². The Morgan fingerprint density at radius 3 is 1.25 bits per heavy atom. The zero-order chi connectivity index (χ0) is 31.9. The van der Waals surface area contributed by atoms with Crippen molar-refractivity contribution in [2.45, 2.75) is 50.7 Å². The molecular formula is C34H34O10. The van der Waals surface area contributed by atoms with Crippen molar-refractivity contribution in [3.63, 3.8) is 0 Å². The zero-order valence-corrected chi connectivity index (χ0v) is 25.4. The Labute approximate surface area is 253 Å². The molecule has 44 heavy (non-hydrogen) atoms. The third kappa shape index (κ3) is 4.31. The first kappa shape index (κ1) is 29.5. The average Bonchev–Trinajstić information content (AvgIpc) is 2.95. The minimum absolute atomic E-state index is 0.0188. The van der Waals surface area contributed by atoms with Crippen LogP contribution in [-0.4, -0.2) is 71.6 Å². The summed E-state index contributed by atoms with van der Waals surface area (Å²) in [6, 6.07) is 6.55. The van der Waals surface area contributed by atoms with Crippen molar-refractivity contribution in [1.29, 1.82) is 0 Å². The normalized spacial score (nSPS) is 21.3. The number of benzene rings is 4. The van der Waals surface area contributed by atoms with E-state index in [1.807, 2.05) is 0 Å². The van der Waals surface area contributed by atoms with Crippen LogP contribution in [0, 0.1) is 0 Å². The Morgan fingerprint density at radius 2 is 0.932 bits per heavy atom. The van der Waals surface area contributed by atoms with Gasteiger partial charge in [-0.05, 0) is 48.2 Å². The van der Waals surface area contributed by atoms with Gasteiger partial charge in [-0.25, -0.2) is 0 Å². The minimum Gasteiger partial charge on any atom is -0.506 e. The number of hydrogen-bond donors (Lipinski definition) is 4. The molecule has 0 bridgehead atoms. The molecule has 10 nitrogen and oxygen atoms in total. The van der Waals surface area contributed by atoms with E-state index >= 15 is 0 Å². The monoisotopic (exact) mass is 602 g/mol. The number of ketones is 2. The fraction of sp³-hybridized carbons (Fsp3) is 0.353. The topological polar surface area (TPSA) is 152 Å². The summed E-state index contributed by atoms with van der Waals surface area (Å²) >= 11 is 0. The summed E-state index contributed by atoms with van der Waals surface area (Å²) in [4.78, 5) is 27.3. The fourth-order valence-corrected chi connectivity index (χ4v) is 7.01. The van der Waals surface area contributed by atoms with Crippen molar-refractivity contribution in [2.75, 3.05) is 28.4 Å². The first-order valence-electron chi connectivity index (χ1n) is 14.1. The highest BCUT2D eigenvalue weighted by Crippen LogP contribution is 2.55. The largest absolute Gasteiger partial charge is 0.506 e. The van der Waals surface area contributed by atoms with Crippen molar-refractivity contribution in [1.82, 2.24) is 0 Å². The molecule has 0 aliphatic heterocycles. The van der Waals surface area contributed by atoms with E-state index in [0.29, 0.717) is 44.5 Å². The number of methoxy groups -OCH3 is 4. The van der Waals surface area contributed by atoms with Gasteiger partial charge in [0.15, 0.2) is 11.6 Å². The molecule has 0 amide bonds. The number of hydrogen-bond acceptors (Lipinski definition) is 10. The Morgan fingerprint density at radius 1 is 0.568 bits per heavy atom. The molecule has 4 N–H and O–H groups in total. The highest BCUT2D eigenvalue weighted by molar-refractivity contribution is 6.21. The number of phenols is 2. The lowest BCUT2D eigenvalue weighted by molar-refractivity contribution is 0.0393. The lowest BCUT2D eigenvalue weighted by atomic mass is 9.71. The number of aliphatic hydroxyl groups is 2. The Hall–Kier alpha value is -4.54. The van der Waals surface area contributed by atoms with E-state index in [1.54, 1.807) is 38.1 Å². The van der Waals surface area contributed by atoms with Gasteiger partial charge in [0.05, 0.1) is 61.5 Å². The highest BCUT2D eigenvalue weighted by Gasteiger charge is 2.42. The smallest absolute Gasteiger partial charge is 0.169 e. The van der Waals surface area contributed by atoms with Crippen molar-refractivity contribution in [3.8, 4) is 45.6 Å². The Kier molecular flexibility index (Phi) is 6.71. The van der Waals surface area contributed by atoms with E-state index in [9.17, 15) is 30.0 Å². The van der Waals surface area contributed by atoms with Crippen LogP contribution in [0.4, 0.5) is 0 Å². The molecule has 2 atom stereocenters. The summed E-state index contributed by atoms with van der Waals surface area (Å²) in [6.45, 7) is 3.10. The maximum Gasteiger partial charge on any atom is 0.169 e. The zero-order valence-electron chi connectivity index (χ0n) is 25.4. The summed E-state index contributed by atoms with van der Waals surface area (Å²) in [5, 5.41) is 47.2. The molecule has 10 heteroatoms. The van der Waals surface area contributed by atoms with Gasteiger partial charge in [0.2, 0.25) is 0 Å². The number of aromatic hydroxyl groups is 2. The van der Waals surface area contributed by atoms with E-state index in [0.717, 1.165) is 0 Å². The maximum absolute atomic E-state index is 13.7. The second-order valence-corrected chi connectivity index (χ2v) is 12.2. The van der Waals surface area contributed by atoms with Gasteiger partial charge in [-0.15, -0.1) is 0 Å². The number of rotatable bonds is 5. The summed E-state index contributed by atoms with van der Waals surface area (Å²) < 4.78 is 22.5. The van der Waals surface area contributed by atoms with Gasteiger partial charge < -0.3 is 39.4 Å². The maximum atomic E-state index is 13.7. The van der Waals surface area contributed by atoms with Crippen LogP contribution in [0.3, 0.4) is 0 Å². The predicted molar refractivity (Wildman–Crippen MR) is 163 cm³/mol. The molecule has 230 valence electrons. The molecule has 0 radical (unpaired) electrons. The van der Waals surface area contributed by atoms with Gasteiger partial charge >= 0.3 is 0 Å². The van der Waals surface area contributed by atoms with Crippen LogP contribution >= 0.6 is 0 Å². The highest BCUT2D eigenvalue weighted by atomic mass is 16.5. The molecule has 4 aromatic rings. The van der Waals surface area contributed by atoms with E-state index < -0.39 is 22.8 Å². The van der Waals surface area contributed by atoms with Crippen molar-refractivity contribution < 1.29 is 49.0 Å². The van der Waals surface area contributed by atoms with Crippen LogP contribution in [0.25, 0.3) is 32.7 Å². The second-order valence-electron chi connectivity index (χ2n) is 12.2. The molecule has 4 aromatic carbocycles. The Bertz CT molecular complexity index is 1780. The minimum atomic E-state index is -1.45. The third-order valence-corrected chi connectivity index (χ3v) is 8.76. The summed E-state index contributed by atoms with van der Waals surface area (Å²) in [5.74, 6) is -0.279. The summed E-state index contributed by atoms with van der Waals surface area (Å²) in [5.41, 5.74) is -1.32. The van der Waals surface area contributed by atoms with Gasteiger partial charge in [-0.2, -0.15) is 0 Å². The van der Waals surface area contributed by atoms with Gasteiger partial charge in [0, 0.05) is 48.6 Å². The van der Waals surface area contributed by atoms with Crippen LogP contribution < -0.4 is 18.9 Å². The number of carbonyl (C=O) groups is 2. The van der Waals surface area contributed by atoms with Crippen LogP contribution in [0.15, 0.2) is 24.3 Å². The SMILES string of the molecule is COc1cc(OC)c2c(O)c3c(c(-c4c5c(c(O)c6c(OC)cc(OC)cc46)C(=O)C[C@@](C)(O)C5)c2c1)C[C@](C)(O)CC3=O. The summed E-state index contributed by atoms with van der Waals surface area (Å²) in [7, 11) is 5.83. The van der Waals surface area contributed by atoms with E-state index in [4.69, 9.17) is 18.9 Å². The van der Waals surface area contributed by atoms with E-state index in [1.165, 1.54) is 28.4 Å². The van der Waals surface area contributed by atoms with Crippen LogP contribution in [0.5, 0.6) is 34.5 Å². The molecule has 2 aliphatic carbocycles. The first-order valence-corrected chi connectivity index (χ1v) is 14.1. The molecule has 6 rings (SSSR count). The second kappa shape index (κ2) is 10.0. The summed E-state index contributed by atoms with van der Waals surface area (Å²) in [6.07, 6.45) is -0.482. The van der Waals surface area contributed by atoms with Gasteiger partial charge in [-0.1, -0.05) is 0 Å². The molecule has 0 spiro atoms. The van der Waals surface area contributed by atoms with Crippen molar-refractivity contribution in [2.24, 2.45) is 0 Å². The third-order valence-electron chi connectivity index (χ3n) is 8.76. The molecule has 0 saturated carbocycles. The fourth-order valence-electron chi connectivity index (χ4n) is 7.01. The van der Waals surface area contributed by atoms with E-state index in [2.05, 4.69) is 0 Å². The number of carbonyl (C=O) groups excluding carboxylic acids is 2. The lowest BCUT2D eigenvalue weighted by Crippen LogP contribution is -2.37. The molecule has 2 aliphatic rings.